The molecule has 0 aliphatic carbocycles. The number of halogens is 2. The molecule has 1 aliphatic heterocycles. The summed E-state index contributed by atoms with van der Waals surface area (Å²) >= 11 is 1.39. The topological polar surface area (TPSA) is 63.1 Å². The second-order valence-corrected chi connectivity index (χ2v) is 8.72. The third kappa shape index (κ3) is 4.63. The Balaban J connectivity index is 1.30. The molecule has 168 valence electrons. The van der Waals surface area contributed by atoms with E-state index in [0.29, 0.717) is 16.4 Å². The van der Waals surface area contributed by atoms with Crippen molar-refractivity contribution in [2.75, 3.05) is 16.8 Å². The first-order valence-corrected chi connectivity index (χ1v) is 11.5. The maximum Gasteiger partial charge on any atom is 0.274 e. The molecule has 0 radical (unpaired) electrons. The van der Waals surface area contributed by atoms with E-state index in [4.69, 9.17) is 0 Å². The van der Waals surface area contributed by atoms with Gasteiger partial charge in [0, 0.05) is 30.4 Å². The van der Waals surface area contributed by atoms with Gasteiger partial charge in [0.05, 0.1) is 11.7 Å². The van der Waals surface area contributed by atoms with Crippen molar-refractivity contribution in [3.8, 4) is 0 Å². The van der Waals surface area contributed by atoms with Crippen LogP contribution in [0.2, 0.25) is 0 Å². The Labute approximate surface area is 193 Å². The normalized spacial score (nSPS) is 15.7. The summed E-state index contributed by atoms with van der Waals surface area (Å²) < 4.78 is 28.5. The molecule has 1 amide bonds. The molecule has 6 nitrogen and oxygen atoms in total. The van der Waals surface area contributed by atoms with Crippen molar-refractivity contribution in [1.82, 2.24) is 14.5 Å². The number of hydrogen-bond acceptors (Lipinski definition) is 5. The lowest BCUT2D eigenvalue weighted by Crippen LogP contribution is -2.22. The maximum atomic E-state index is 13.4. The average Bonchev–Trinajstić information content (AvgIpc) is 3.54. The Morgan fingerprint density at radius 1 is 1.09 bits per heavy atom. The van der Waals surface area contributed by atoms with Gasteiger partial charge in [-0.1, -0.05) is 18.2 Å². The fraction of sp³-hybridized carbons (Fsp3) is 0.208. The minimum absolute atomic E-state index is 0.142. The van der Waals surface area contributed by atoms with E-state index >= 15 is 0 Å². The van der Waals surface area contributed by atoms with Gasteiger partial charge in [-0.15, -0.1) is 11.3 Å². The largest absolute Gasteiger partial charge is 0.363 e. The zero-order valence-electron chi connectivity index (χ0n) is 17.6. The SMILES string of the molecule is O=C(Nc1nc([C@H]2CCCN2c2ccccc2)cs1)c1cccn1Cc1cc(F)nc(F)c1. The number of anilines is 2. The molecule has 0 saturated carbocycles. The van der Waals surface area contributed by atoms with E-state index in [1.54, 1.807) is 22.9 Å². The maximum absolute atomic E-state index is 13.4. The molecule has 3 aromatic heterocycles. The van der Waals surface area contributed by atoms with Gasteiger partial charge in [-0.2, -0.15) is 13.8 Å². The Kier molecular flexibility index (Phi) is 5.87. The quantitative estimate of drug-likeness (QED) is 0.395. The summed E-state index contributed by atoms with van der Waals surface area (Å²) in [5.74, 6) is -2.12. The van der Waals surface area contributed by atoms with Crippen LogP contribution in [0.15, 0.2) is 66.2 Å². The highest BCUT2D eigenvalue weighted by atomic mass is 32.1. The lowest BCUT2D eigenvalue weighted by atomic mass is 10.1. The lowest BCUT2D eigenvalue weighted by Gasteiger charge is -2.25. The van der Waals surface area contributed by atoms with E-state index in [2.05, 4.69) is 32.3 Å². The van der Waals surface area contributed by atoms with Crippen molar-refractivity contribution < 1.29 is 13.6 Å². The number of hydrogen-bond donors (Lipinski definition) is 1. The standard InChI is InChI=1S/C24H21F2N5OS/c25-21-12-16(13-22(26)28-21)14-30-10-4-9-20(30)23(32)29-24-27-18(15-33-24)19-8-5-11-31(19)17-6-2-1-3-7-17/h1-4,6-7,9-10,12-13,15,19H,5,8,11,14H2,(H,27,29,32)/t19-/m1/s1. The first-order chi connectivity index (χ1) is 16.1. The van der Waals surface area contributed by atoms with E-state index in [9.17, 15) is 13.6 Å². The van der Waals surface area contributed by atoms with Crippen LogP contribution in [0.4, 0.5) is 19.6 Å². The molecule has 4 aromatic rings. The molecule has 0 bridgehead atoms. The predicted molar refractivity (Wildman–Crippen MR) is 124 cm³/mol. The van der Waals surface area contributed by atoms with Gasteiger partial charge in [0.15, 0.2) is 5.13 Å². The summed E-state index contributed by atoms with van der Waals surface area (Å²) in [6.07, 6.45) is 3.78. The minimum atomic E-state index is -0.894. The fourth-order valence-corrected chi connectivity index (χ4v) is 4.97. The second-order valence-electron chi connectivity index (χ2n) is 7.86. The molecule has 1 saturated heterocycles. The number of nitrogens with one attached hydrogen (secondary N) is 1. The van der Waals surface area contributed by atoms with Crippen LogP contribution in [0.25, 0.3) is 0 Å². The first-order valence-electron chi connectivity index (χ1n) is 10.6. The Morgan fingerprint density at radius 2 is 1.88 bits per heavy atom. The predicted octanol–water partition coefficient (Wildman–Crippen LogP) is 5.26. The molecule has 1 aliphatic rings. The summed E-state index contributed by atoms with van der Waals surface area (Å²) in [5, 5.41) is 5.37. The zero-order chi connectivity index (χ0) is 22.8. The van der Waals surface area contributed by atoms with E-state index in [1.165, 1.54) is 17.0 Å². The molecule has 0 unspecified atom stereocenters. The third-order valence-electron chi connectivity index (χ3n) is 5.66. The molecular formula is C24H21F2N5OS. The summed E-state index contributed by atoms with van der Waals surface area (Å²) in [7, 11) is 0. The van der Waals surface area contributed by atoms with Crippen LogP contribution in [-0.4, -0.2) is 27.0 Å². The smallest absolute Gasteiger partial charge is 0.274 e. The number of carbonyl (C=O) groups excluding carboxylic acids is 1. The zero-order valence-corrected chi connectivity index (χ0v) is 18.4. The number of nitrogens with zero attached hydrogens (tertiary/aromatic N) is 4. The van der Waals surface area contributed by atoms with Crippen LogP contribution < -0.4 is 10.2 Å². The van der Waals surface area contributed by atoms with E-state index in [-0.39, 0.29) is 18.5 Å². The monoisotopic (exact) mass is 465 g/mol. The molecule has 1 aromatic carbocycles. The second kappa shape index (κ2) is 9.11. The van der Waals surface area contributed by atoms with Crippen LogP contribution in [0.5, 0.6) is 0 Å². The molecule has 0 spiro atoms. The number of benzene rings is 1. The Bertz CT molecular complexity index is 1250. The number of pyridine rings is 1. The highest BCUT2D eigenvalue weighted by molar-refractivity contribution is 7.14. The summed E-state index contributed by atoms with van der Waals surface area (Å²) in [6.45, 7) is 1.11. The molecule has 5 rings (SSSR count). The molecule has 33 heavy (non-hydrogen) atoms. The number of thiazole rings is 1. The van der Waals surface area contributed by atoms with Crippen LogP contribution in [0.1, 0.15) is 40.6 Å². The van der Waals surface area contributed by atoms with Gasteiger partial charge in [0.25, 0.3) is 5.91 Å². The van der Waals surface area contributed by atoms with Crippen LogP contribution in [0, 0.1) is 11.9 Å². The average molecular weight is 466 g/mol. The lowest BCUT2D eigenvalue weighted by molar-refractivity contribution is 0.101. The Morgan fingerprint density at radius 3 is 2.67 bits per heavy atom. The van der Waals surface area contributed by atoms with E-state index < -0.39 is 11.9 Å². The van der Waals surface area contributed by atoms with Crippen LogP contribution in [-0.2, 0) is 6.54 Å². The fourth-order valence-electron chi connectivity index (χ4n) is 4.22. The number of amides is 1. The highest BCUT2D eigenvalue weighted by Crippen LogP contribution is 2.37. The van der Waals surface area contributed by atoms with Gasteiger partial charge in [0.2, 0.25) is 11.9 Å². The minimum Gasteiger partial charge on any atom is -0.363 e. The number of aromatic nitrogens is 3. The highest BCUT2D eigenvalue weighted by Gasteiger charge is 2.28. The van der Waals surface area contributed by atoms with Crippen molar-refractivity contribution >= 4 is 28.1 Å². The first kappa shape index (κ1) is 21.3. The number of rotatable bonds is 6. The number of carbonyl (C=O) groups is 1. The number of para-hydroxylation sites is 1. The van der Waals surface area contributed by atoms with Crippen molar-refractivity contribution in [2.24, 2.45) is 0 Å². The van der Waals surface area contributed by atoms with E-state index in [1.807, 2.05) is 23.6 Å². The molecule has 1 fully saturated rings. The van der Waals surface area contributed by atoms with Crippen molar-refractivity contribution in [2.45, 2.75) is 25.4 Å². The van der Waals surface area contributed by atoms with Crippen LogP contribution >= 0.6 is 11.3 Å². The summed E-state index contributed by atoms with van der Waals surface area (Å²) in [5.41, 5.74) is 2.86. The van der Waals surface area contributed by atoms with Gasteiger partial charge >= 0.3 is 0 Å². The summed E-state index contributed by atoms with van der Waals surface area (Å²) in [6, 6.07) is 16.1. The molecule has 1 atom stereocenters. The van der Waals surface area contributed by atoms with Crippen molar-refractivity contribution in [3.63, 3.8) is 0 Å². The molecular weight excluding hydrogens is 444 g/mol. The van der Waals surface area contributed by atoms with Crippen molar-refractivity contribution in [1.29, 1.82) is 0 Å². The van der Waals surface area contributed by atoms with Gasteiger partial charge in [-0.3, -0.25) is 10.1 Å². The van der Waals surface area contributed by atoms with Crippen molar-refractivity contribution in [3.05, 3.63) is 95.0 Å². The van der Waals surface area contributed by atoms with Crippen LogP contribution in [0.3, 0.4) is 0 Å². The third-order valence-corrected chi connectivity index (χ3v) is 6.44. The molecule has 4 heterocycles. The summed E-state index contributed by atoms with van der Waals surface area (Å²) in [4.78, 5) is 23.0. The van der Waals surface area contributed by atoms with Gasteiger partial charge in [0.1, 0.15) is 5.69 Å². The van der Waals surface area contributed by atoms with Gasteiger partial charge in [-0.25, -0.2) is 4.98 Å². The van der Waals surface area contributed by atoms with Gasteiger partial charge < -0.3 is 9.47 Å². The van der Waals surface area contributed by atoms with E-state index in [0.717, 1.165) is 37.2 Å². The molecule has 9 heteroatoms. The molecule has 1 N–H and O–H groups in total. The Hall–Kier alpha value is -3.59. The van der Waals surface area contributed by atoms with Gasteiger partial charge in [-0.05, 0) is 54.8 Å².